The zero-order chi connectivity index (χ0) is 16.6. The summed E-state index contributed by atoms with van der Waals surface area (Å²) in [5.74, 6) is 0. The minimum atomic E-state index is 0.289. The second kappa shape index (κ2) is 8.73. The summed E-state index contributed by atoms with van der Waals surface area (Å²) in [5.41, 5.74) is 5.58. The van der Waals surface area contributed by atoms with Crippen LogP contribution in [0.2, 0.25) is 0 Å². The Morgan fingerprint density at radius 3 is 2.55 bits per heavy atom. The van der Waals surface area contributed by atoms with Crippen LogP contribution in [0.5, 0.6) is 0 Å². The maximum Gasteiger partial charge on any atom is 0.143 e. The Labute approximate surface area is 136 Å². The lowest BCUT2D eigenvalue weighted by Gasteiger charge is -2.32. The van der Waals surface area contributed by atoms with Crippen LogP contribution in [0.3, 0.4) is 0 Å². The van der Waals surface area contributed by atoms with Crippen LogP contribution in [0.1, 0.15) is 60.3 Å². The first-order chi connectivity index (χ1) is 10.4. The van der Waals surface area contributed by atoms with Gasteiger partial charge in [0, 0.05) is 0 Å². The van der Waals surface area contributed by atoms with Gasteiger partial charge in [0.15, 0.2) is 0 Å². The topological polar surface area (TPSA) is 17.1 Å². The van der Waals surface area contributed by atoms with Gasteiger partial charge in [0.2, 0.25) is 0 Å². The number of hydrogen-bond donors (Lipinski definition) is 0. The Morgan fingerprint density at radius 1 is 1.23 bits per heavy atom. The van der Waals surface area contributed by atoms with E-state index < -0.39 is 0 Å². The van der Waals surface area contributed by atoms with E-state index in [0.29, 0.717) is 0 Å². The molecule has 0 aliphatic heterocycles. The van der Waals surface area contributed by atoms with Crippen LogP contribution >= 0.6 is 0 Å². The van der Waals surface area contributed by atoms with Gasteiger partial charge in [-0.3, -0.25) is 4.79 Å². The second-order valence-corrected chi connectivity index (χ2v) is 6.77. The largest absolute Gasteiger partial charge is 0.299 e. The number of carbonyl (C=O) groups excluding carboxylic acids is 1. The quantitative estimate of drug-likeness (QED) is 0.328. The summed E-state index contributed by atoms with van der Waals surface area (Å²) < 4.78 is 0. The first kappa shape index (κ1) is 18.4. The predicted octanol–water partition coefficient (Wildman–Crippen LogP) is 6.11. The zero-order valence-electron chi connectivity index (χ0n) is 14.8. The molecule has 0 aromatic heterocycles. The van der Waals surface area contributed by atoms with Crippen LogP contribution in [0, 0.1) is 5.41 Å². The first-order valence-corrected chi connectivity index (χ1v) is 8.28. The van der Waals surface area contributed by atoms with Gasteiger partial charge in [-0.05, 0) is 62.2 Å². The standard InChI is InChI=1S/C21H30O/c1-6-19(14-16-22)11-7-9-17(2)12-13-20-18(3)10-8-15-21(20,4)5/h7,9,11-14,16H,6,8,10,15H2,1-5H3. The Bertz CT molecular complexity index is 536. The van der Waals surface area contributed by atoms with Crippen molar-refractivity contribution in [1.29, 1.82) is 0 Å². The van der Waals surface area contributed by atoms with E-state index in [1.165, 1.54) is 36.0 Å². The molecule has 0 spiro atoms. The summed E-state index contributed by atoms with van der Waals surface area (Å²) in [7, 11) is 0. The summed E-state index contributed by atoms with van der Waals surface area (Å²) in [4.78, 5) is 10.5. The van der Waals surface area contributed by atoms with Crippen LogP contribution in [-0.4, -0.2) is 6.29 Å². The Morgan fingerprint density at radius 2 is 1.95 bits per heavy atom. The number of aldehydes is 1. The van der Waals surface area contributed by atoms with Gasteiger partial charge in [-0.2, -0.15) is 0 Å². The molecule has 0 unspecified atom stereocenters. The summed E-state index contributed by atoms with van der Waals surface area (Å²) in [6, 6.07) is 0. The average Bonchev–Trinajstić information content (AvgIpc) is 2.45. The third-order valence-corrected chi connectivity index (χ3v) is 4.42. The maximum absolute atomic E-state index is 10.5. The maximum atomic E-state index is 10.5. The molecule has 0 aromatic carbocycles. The highest BCUT2D eigenvalue weighted by Crippen LogP contribution is 2.40. The molecule has 0 aromatic rings. The lowest BCUT2D eigenvalue weighted by Crippen LogP contribution is -2.19. The van der Waals surface area contributed by atoms with Crippen molar-refractivity contribution in [3.8, 4) is 0 Å². The Hall–Kier alpha value is -1.63. The highest BCUT2D eigenvalue weighted by molar-refractivity contribution is 5.67. The third-order valence-electron chi connectivity index (χ3n) is 4.42. The highest BCUT2D eigenvalue weighted by atomic mass is 16.1. The van der Waals surface area contributed by atoms with Gasteiger partial charge in [0.25, 0.3) is 0 Å². The van der Waals surface area contributed by atoms with Crippen LogP contribution in [0.25, 0.3) is 0 Å². The molecule has 22 heavy (non-hydrogen) atoms. The molecule has 0 fully saturated rings. The molecule has 0 saturated heterocycles. The smallest absolute Gasteiger partial charge is 0.143 e. The van der Waals surface area contributed by atoms with Crippen molar-refractivity contribution in [2.24, 2.45) is 5.41 Å². The Kier molecular flexibility index (Phi) is 7.31. The van der Waals surface area contributed by atoms with E-state index in [0.717, 1.165) is 18.3 Å². The molecule has 1 aliphatic rings. The number of allylic oxidation sites excluding steroid dienone is 10. The van der Waals surface area contributed by atoms with E-state index in [-0.39, 0.29) is 5.41 Å². The van der Waals surface area contributed by atoms with Crippen LogP contribution < -0.4 is 0 Å². The van der Waals surface area contributed by atoms with Gasteiger partial charge < -0.3 is 0 Å². The fraction of sp³-hybridized carbons (Fsp3) is 0.476. The molecule has 0 radical (unpaired) electrons. The van der Waals surface area contributed by atoms with Gasteiger partial charge >= 0.3 is 0 Å². The van der Waals surface area contributed by atoms with Crippen LogP contribution in [0.15, 0.2) is 58.7 Å². The SMILES string of the molecule is CCC(C=CC=C(C)C=CC1=C(C)CCCC1(C)C)=CC=O. The lowest BCUT2D eigenvalue weighted by molar-refractivity contribution is -0.104. The molecule has 120 valence electrons. The molecule has 0 bridgehead atoms. The fourth-order valence-electron chi connectivity index (χ4n) is 2.98. The van der Waals surface area contributed by atoms with Gasteiger partial charge in [-0.25, -0.2) is 0 Å². The van der Waals surface area contributed by atoms with Crippen molar-refractivity contribution < 1.29 is 4.79 Å². The van der Waals surface area contributed by atoms with Gasteiger partial charge in [-0.15, -0.1) is 0 Å². The average molecular weight is 298 g/mol. The molecule has 1 nitrogen and oxygen atoms in total. The van der Waals surface area contributed by atoms with Crippen molar-refractivity contribution in [1.82, 2.24) is 0 Å². The van der Waals surface area contributed by atoms with Gasteiger partial charge in [0.05, 0.1) is 0 Å². The lowest BCUT2D eigenvalue weighted by atomic mass is 9.72. The van der Waals surface area contributed by atoms with E-state index in [1.54, 1.807) is 6.08 Å². The summed E-state index contributed by atoms with van der Waals surface area (Å²) in [5, 5.41) is 0. The molecular formula is C21H30O. The summed E-state index contributed by atoms with van der Waals surface area (Å²) in [6.07, 6.45) is 17.7. The molecule has 0 amide bonds. The molecule has 1 rings (SSSR count). The molecule has 1 aliphatic carbocycles. The van der Waals surface area contributed by atoms with E-state index >= 15 is 0 Å². The van der Waals surface area contributed by atoms with Gasteiger partial charge in [0.1, 0.15) is 6.29 Å². The summed E-state index contributed by atoms with van der Waals surface area (Å²) >= 11 is 0. The van der Waals surface area contributed by atoms with E-state index in [4.69, 9.17) is 0 Å². The molecule has 0 saturated carbocycles. The van der Waals surface area contributed by atoms with Crippen molar-refractivity contribution in [3.63, 3.8) is 0 Å². The first-order valence-electron chi connectivity index (χ1n) is 8.28. The van der Waals surface area contributed by atoms with Gasteiger partial charge in [-0.1, -0.05) is 62.3 Å². The normalized spacial score (nSPS) is 20.2. The zero-order valence-corrected chi connectivity index (χ0v) is 14.8. The fourth-order valence-corrected chi connectivity index (χ4v) is 2.98. The number of hydrogen-bond acceptors (Lipinski definition) is 1. The second-order valence-electron chi connectivity index (χ2n) is 6.77. The summed E-state index contributed by atoms with van der Waals surface area (Å²) in [6.45, 7) is 11.1. The highest BCUT2D eigenvalue weighted by Gasteiger charge is 2.26. The van der Waals surface area contributed by atoms with E-state index in [1.807, 2.05) is 12.2 Å². The molecule has 1 heteroatoms. The minimum Gasteiger partial charge on any atom is -0.299 e. The van der Waals surface area contributed by atoms with E-state index in [9.17, 15) is 4.79 Å². The van der Waals surface area contributed by atoms with Crippen molar-refractivity contribution in [3.05, 3.63) is 58.7 Å². The molecular weight excluding hydrogens is 268 g/mol. The minimum absolute atomic E-state index is 0.289. The third kappa shape index (κ3) is 5.63. The molecule has 0 atom stereocenters. The van der Waals surface area contributed by atoms with Crippen molar-refractivity contribution in [2.75, 3.05) is 0 Å². The number of carbonyl (C=O) groups is 1. The molecule has 0 heterocycles. The number of rotatable bonds is 6. The van der Waals surface area contributed by atoms with Crippen LogP contribution in [0.4, 0.5) is 0 Å². The van der Waals surface area contributed by atoms with Crippen molar-refractivity contribution in [2.45, 2.75) is 60.3 Å². The Balaban J connectivity index is 2.81. The monoisotopic (exact) mass is 298 g/mol. The van der Waals surface area contributed by atoms with Crippen LogP contribution in [-0.2, 0) is 4.79 Å². The van der Waals surface area contributed by atoms with Crippen molar-refractivity contribution >= 4 is 6.29 Å². The van der Waals surface area contributed by atoms with E-state index in [2.05, 4.69) is 52.8 Å². The molecule has 0 N–H and O–H groups in total. The predicted molar refractivity (Wildman–Crippen MR) is 96.8 cm³/mol.